The van der Waals surface area contributed by atoms with Crippen molar-refractivity contribution in [2.45, 2.75) is 38.1 Å². The Balaban J connectivity index is 0.00000192. The highest BCUT2D eigenvalue weighted by atomic mass is 35.5. The Kier molecular flexibility index (Phi) is 6.20. The van der Waals surface area contributed by atoms with Crippen LogP contribution in [0.15, 0.2) is 48.5 Å². The normalized spacial score (nSPS) is 14.3. The van der Waals surface area contributed by atoms with E-state index in [1.165, 1.54) is 24.0 Å². The van der Waals surface area contributed by atoms with E-state index in [2.05, 4.69) is 11.4 Å². The van der Waals surface area contributed by atoms with Gasteiger partial charge in [-0.1, -0.05) is 42.5 Å². The van der Waals surface area contributed by atoms with Gasteiger partial charge in [0.2, 0.25) is 5.91 Å². The fourth-order valence-corrected chi connectivity index (χ4v) is 3.08. The molecule has 0 fully saturated rings. The Morgan fingerprint density at radius 2 is 1.78 bits per heavy atom. The summed E-state index contributed by atoms with van der Waals surface area (Å²) in [5, 5.41) is 3.03. The summed E-state index contributed by atoms with van der Waals surface area (Å²) in [7, 11) is 0. The van der Waals surface area contributed by atoms with Gasteiger partial charge in [-0.05, 0) is 54.9 Å². The van der Waals surface area contributed by atoms with Crippen LogP contribution in [0.2, 0.25) is 0 Å². The SMILES string of the molecule is Cl.N[C@@H](Cc1ccccc1)C(=O)Nc1cccc2c1CCCC2. The van der Waals surface area contributed by atoms with Crippen molar-refractivity contribution < 1.29 is 4.79 Å². The summed E-state index contributed by atoms with van der Waals surface area (Å²) in [6.45, 7) is 0. The van der Waals surface area contributed by atoms with Gasteiger partial charge in [0.15, 0.2) is 0 Å². The number of nitrogens with one attached hydrogen (secondary N) is 1. The number of hydrogen-bond acceptors (Lipinski definition) is 2. The minimum absolute atomic E-state index is 0. The average Bonchev–Trinajstić information content (AvgIpc) is 2.56. The van der Waals surface area contributed by atoms with Crippen molar-refractivity contribution in [2.75, 3.05) is 5.32 Å². The van der Waals surface area contributed by atoms with Crippen LogP contribution in [0.3, 0.4) is 0 Å². The molecule has 1 aliphatic rings. The Morgan fingerprint density at radius 1 is 1.04 bits per heavy atom. The number of halogens is 1. The van der Waals surface area contributed by atoms with Crippen LogP contribution in [0.4, 0.5) is 5.69 Å². The van der Waals surface area contributed by atoms with Gasteiger partial charge in [-0.25, -0.2) is 0 Å². The molecule has 0 aliphatic heterocycles. The van der Waals surface area contributed by atoms with E-state index in [-0.39, 0.29) is 18.3 Å². The van der Waals surface area contributed by atoms with Gasteiger partial charge in [0.1, 0.15) is 0 Å². The first-order valence-corrected chi connectivity index (χ1v) is 7.95. The second-order valence-electron chi connectivity index (χ2n) is 5.94. The van der Waals surface area contributed by atoms with Gasteiger partial charge < -0.3 is 11.1 Å². The second-order valence-corrected chi connectivity index (χ2v) is 5.94. The fraction of sp³-hybridized carbons (Fsp3) is 0.316. The Bertz CT molecular complexity index is 658. The number of carbonyl (C=O) groups excluding carboxylic acids is 1. The lowest BCUT2D eigenvalue weighted by Gasteiger charge is -2.20. The van der Waals surface area contributed by atoms with Crippen molar-refractivity contribution in [3.05, 3.63) is 65.2 Å². The van der Waals surface area contributed by atoms with E-state index in [1.807, 2.05) is 42.5 Å². The molecule has 4 heteroatoms. The van der Waals surface area contributed by atoms with Gasteiger partial charge in [-0.3, -0.25) is 4.79 Å². The molecule has 0 spiro atoms. The number of fused-ring (bicyclic) bond motifs is 1. The van der Waals surface area contributed by atoms with Crippen LogP contribution in [0, 0.1) is 0 Å². The largest absolute Gasteiger partial charge is 0.324 e. The molecule has 122 valence electrons. The third kappa shape index (κ3) is 4.34. The topological polar surface area (TPSA) is 55.1 Å². The zero-order chi connectivity index (χ0) is 15.4. The molecule has 0 bridgehead atoms. The smallest absolute Gasteiger partial charge is 0.241 e. The number of rotatable bonds is 4. The van der Waals surface area contributed by atoms with Crippen LogP contribution in [0.25, 0.3) is 0 Å². The third-order valence-corrected chi connectivity index (χ3v) is 4.29. The lowest BCUT2D eigenvalue weighted by molar-refractivity contribution is -0.117. The third-order valence-electron chi connectivity index (χ3n) is 4.29. The van der Waals surface area contributed by atoms with E-state index in [0.29, 0.717) is 6.42 Å². The summed E-state index contributed by atoms with van der Waals surface area (Å²) in [6, 6.07) is 15.5. The molecule has 3 rings (SSSR count). The molecule has 23 heavy (non-hydrogen) atoms. The fourth-order valence-electron chi connectivity index (χ4n) is 3.08. The number of benzene rings is 2. The maximum atomic E-state index is 12.4. The molecule has 2 aromatic rings. The lowest BCUT2D eigenvalue weighted by atomic mass is 9.90. The summed E-state index contributed by atoms with van der Waals surface area (Å²) in [5.74, 6) is -0.108. The van der Waals surface area contributed by atoms with Crippen molar-refractivity contribution in [3.8, 4) is 0 Å². The molecule has 1 aliphatic carbocycles. The van der Waals surface area contributed by atoms with Crippen LogP contribution < -0.4 is 11.1 Å². The van der Waals surface area contributed by atoms with Crippen LogP contribution in [0.5, 0.6) is 0 Å². The van der Waals surface area contributed by atoms with Crippen LogP contribution >= 0.6 is 12.4 Å². The molecule has 2 aromatic carbocycles. The second kappa shape index (κ2) is 8.14. The number of amides is 1. The summed E-state index contributed by atoms with van der Waals surface area (Å²) in [6.07, 6.45) is 5.13. The first-order valence-electron chi connectivity index (χ1n) is 7.95. The van der Waals surface area contributed by atoms with Gasteiger partial charge in [0.25, 0.3) is 0 Å². The molecule has 0 radical (unpaired) electrons. The lowest BCUT2D eigenvalue weighted by Crippen LogP contribution is -2.37. The highest BCUT2D eigenvalue weighted by Gasteiger charge is 2.18. The summed E-state index contributed by atoms with van der Waals surface area (Å²) >= 11 is 0. The number of hydrogen-bond donors (Lipinski definition) is 2. The number of carbonyl (C=O) groups is 1. The highest BCUT2D eigenvalue weighted by Crippen LogP contribution is 2.27. The molecule has 1 atom stereocenters. The molecular formula is C19H23ClN2O. The standard InChI is InChI=1S/C19H22N2O.ClH/c20-17(13-14-7-2-1-3-8-14)19(22)21-18-12-6-10-15-9-4-5-11-16(15)18;/h1-3,6-8,10,12,17H,4-5,9,11,13,20H2,(H,21,22);1H/t17-;/m0./s1. The summed E-state index contributed by atoms with van der Waals surface area (Å²) < 4.78 is 0. The maximum absolute atomic E-state index is 12.4. The molecule has 3 nitrogen and oxygen atoms in total. The number of aryl methyl sites for hydroxylation is 1. The van der Waals surface area contributed by atoms with E-state index in [4.69, 9.17) is 5.73 Å². The van der Waals surface area contributed by atoms with E-state index in [9.17, 15) is 4.79 Å². The van der Waals surface area contributed by atoms with Gasteiger partial charge >= 0.3 is 0 Å². The summed E-state index contributed by atoms with van der Waals surface area (Å²) in [5.41, 5.74) is 10.7. The van der Waals surface area contributed by atoms with E-state index in [0.717, 1.165) is 24.1 Å². The van der Waals surface area contributed by atoms with E-state index in [1.54, 1.807) is 0 Å². The first kappa shape index (κ1) is 17.5. The van der Waals surface area contributed by atoms with E-state index >= 15 is 0 Å². The molecule has 0 saturated carbocycles. The Labute approximate surface area is 143 Å². The highest BCUT2D eigenvalue weighted by molar-refractivity contribution is 5.95. The zero-order valence-electron chi connectivity index (χ0n) is 13.1. The van der Waals surface area contributed by atoms with Gasteiger partial charge in [-0.15, -0.1) is 12.4 Å². The molecule has 1 amide bonds. The average molecular weight is 331 g/mol. The van der Waals surface area contributed by atoms with Gasteiger partial charge in [0.05, 0.1) is 6.04 Å². The monoisotopic (exact) mass is 330 g/mol. The van der Waals surface area contributed by atoms with Crippen LogP contribution in [-0.2, 0) is 24.1 Å². The van der Waals surface area contributed by atoms with Gasteiger partial charge in [-0.2, -0.15) is 0 Å². The van der Waals surface area contributed by atoms with Crippen molar-refractivity contribution in [3.63, 3.8) is 0 Å². The van der Waals surface area contributed by atoms with Crippen molar-refractivity contribution in [2.24, 2.45) is 5.73 Å². The zero-order valence-corrected chi connectivity index (χ0v) is 13.9. The molecule has 0 heterocycles. The van der Waals surface area contributed by atoms with Gasteiger partial charge in [0, 0.05) is 5.69 Å². The molecule has 3 N–H and O–H groups in total. The van der Waals surface area contributed by atoms with Crippen molar-refractivity contribution >= 4 is 24.0 Å². The van der Waals surface area contributed by atoms with Crippen molar-refractivity contribution in [1.82, 2.24) is 0 Å². The maximum Gasteiger partial charge on any atom is 0.241 e. The minimum Gasteiger partial charge on any atom is -0.324 e. The number of nitrogens with two attached hydrogens (primary N) is 1. The predicted octanol–water partition coefficient (Wildman–Crippen LogP) is 3.50. The Morgan fingerprint density at radius 3 is 2.57 bits per heavy atom. The molecule has 0 aromatic heterocycles. The van der Waals surface area contributed by atoms with Crippen LogP contribution in [-0.4, -0.2) is 11.9 Å². The molecule has 0 unspecified atom stereocenters. The Hall–Kier alpha value is -1.84. The number of anilines is 1. The van der Waals surface area contributed by atoms with E-state index < -0.39 is 6.04 Å². The molecule has 0 saturated heterocycles. The molecular weight excluding hydrogens is 308 g/mol. The quantitative estimate of drug-likeness (QED) is 0.901. The minimum atomic E-state index is -0.526. The first-order chi connectivity index (χ1) is 10.7. The van der Waals surface area contributed by atoms with Crippen molar-refractivity contribution in [1.29, 1.82) is 0 Å². The summed E-state index contributed by atoms with van der Waals surface area (Å²) in [4.78, 5) is 12.4. The van der Waals surface area contributed by atoms with Crippen LogP contribution in [0.1, 0.15) is 29.5 Å². The predicted molar refractivity (Wildman–Crippen MR) is 97.1 cm³/mol.